The van der Waals surface area contributed by atoms with Gasteiger partial charge in [-0.3, -0.25) is 0 Å². The monoisotopic (exact) mass is 269 g/mol. The van der Waals surface area contributed by atoms with Crippen LogP contribution in [0.4, 0.5) is 0 Å². The molecule has 0 aliphatic carbocycles. The van der Waals surface area contributed by atoms with Crippen molar-refractivity contribution in [2.45, 2.75) is 25.8 Å². The molecule has 3 heteroatoms. The van der Waals surface area contributed by atoms with E-state index in [1.54, 1.807) is 12.1 Å². The van der Waals surface area contributed by atoms with Gasteiger partial charge in [-0.2, -0.15) is 0 Å². The van der Waals surface area contributed by atoms with Crippen LogP contribution in [0.1, 0.15) is 29.3 Å². The van der Waals surface area contributed by atoms with Crippen LogP contribution in [0.25, 0.3) is 11.1 Å². The van der Waals surface area contributed by atoms with Gasteiger partial charge in [-0.05, 0) is 48.6 Å². The molecule has 0 bridgehead atoms. The minimum absolute atomic E-state index is 0.202. The second kappa shape index (κ2) is 6.35. The Labute approximate surface area is 119 Å². The Morgan fingerprint density at radius 3 is 2.45 bits per heavy atom. The molecule has 1 atom stereocenters. The maximum Gasteiger partial charge on any atom is 0.335 e. The van der Waals surface area contributed by atoms with Gasteiger partial charge in [0.15, 0.2) is 0 Å². The number of carbonyl (C=O) groups is 1. The van der Waals surface area contributed by atoms with E-state index in [4.69, 9.17) is 10.8 Å². The molecule has 0 fully saturated rings. The summed E-state index contributed by atoms with van der Waals surface area (Å²) in [4.78, 5) is 10.8. The summed E-state index contributed by atoms with van der Waals surface area (Å²) >= 11 is 0. The first-order valence-electron chi connectivity index (χ1n) is 6.74. The third-order valence-electron chi connectivity index (χ3n) is 3.28. The number of carboxylic acids is 1. The number of hydrogen-bond acceptors (Lipinski definition) is 2. The lowest BCUT2D eigenvalue weighted by molar-refractivity contribution is 0.0697. The fourth-order valence-electron chi connectivity index (χ4n) is 2.11. The molecule has 0 radical (unpaired) electrons. The van der Waals surface area contributed by atoms with Gasteiger partial charge in [0.1, 0.15) is 0 Å². The first-order valence-corrected chi connectivity index (χ1v) is 6.74. The smallest absolute Gasteiger partial charge is 0.335 e. The fraction of sp³-hybridized carbons (Fsp3) is 0.235. The molecule has 20 heavy (non-hydrogen) atoms. The Hall–Kier alpha value is -2.13. The fourth-order valence-corrected chi connectivity index (χ4v) is 2.11. The van der Waals surface area contributed by atoms with E-state index < -0.39 is 5.97 Å². The third kappa shape index (κ3) is 3.68. The highest BCUT2D eigenvalue weighted by Gasteiger charge is 2.04. The van der Waals surface area contributed by atoms with Gasteiger partial charge >= 0.3 is 5.97 Å². The molecule has 104 valence electrons. The summed E-state index contributed by atoms with van der Waals surface area (Å²) in [6, 6.07) is 15.4. The highest BCUT2D eigenvalue weighted by atomic mass is 16.4. The average Bonchev–Trinajstić information content (AvgIpc) is 2.45. The molecule has 1 unspecified atom stereocenters. The number of aryl methyl sites for hydroxylation is 1. The maximum atomic E-state index is 10.8. The molecule has 0 aliphatic rings. The molecule has 0 aliphatic heterocycles. The van der Waals surface area contributed by atoms with Crippen molar-refractivity contribution in [2.75, 3.05) is 0 Å². The van der Waals surface area contributed by atoms with Crippen LogP contribution < -0.4 is 5.73 Å². The topological polar surface area (TPSA) is 63.3 Å². The predicted octanol–water partition coefficient (Wildman–Crippen LogP) is 3.33. The third-order valence-corrected chi connectivity index (χ3v) is 3.28. The van der Waals surface area contributed by atoms with Crippen molar-refractivity contribution in [1.82, 2.24) is 0 Å². The van der Waals surface area contributed by atoms with E-state index in [1.807, 2.05) is 31.2 Å². The van der Waals surface area contributed by atoms with Crippen molar-refractivity contribution in [3.05, 3.63) is 59.7 Å². The number of carboxylic acid groups (broad SMARTS) is 1. The second-order valence-corrected chi connectivity index (χ2v) is 5.10. The van der Waals surface area contributed by atoms with Crippen molar-refractivity contribution < 1.29 is 9.90 Å². The summed E-state index contributed by atoms with van der Waals surface area (Å²) in [5.41, 5.74) is 9.46. The lowest BCUT2D eigenvalue weighted by Crippen LogP contribution is -2.15. The Morgan fingerprint density at radius 2 is 1.85 bits per heavy atom. The van der Waals surface area contributed by atoms with Crippen molar-refractivity contribution in [3.63, 3.8) is 0 Å². The SMILES string of the molecule is CC(N)CCc1cccc(-c2ccc(C(=O)O)cc2)c1. The van der Waals surface area contributed by atoms with Gasteiger partial charge in [0.2, 0.25) is 0 Å². The normalized spacial score (nSPS) is 12.1. The molecule has 2 rings (SSSR count). The van der Waals surface area contributed by atoms with E-state index in [0.717, 1.165) is 24.0 Å². The zero-order valence-corrected chi connectivity index (χ0v) is 11.5. The summed E-state index contributed by atoms with van der Waals surface area (Å²) in [6.45, 7) is 2.01. The van der Waals surface area contributed by atoms with Crippen LogP contribution in [-0.2, 0) is 6.42 Å². The van der Waals surface area contributed by atoms with E-state index in [9.17, 15) is 4.79 Å². The quantitative estimate of drug-likeness (QED) is 0.875. The highest BCUT2D eigenvalue weighted by molar-refractivity contribution is 5.88. The van der Waals surface area contributed by atoms with E-state index >= 15 is 0 Å². The Morgan fingerprint density at radius 1 is 1.15 bits per heavy atom. The highest BCUT2D eigenvalue weighted by Crippen LogP contribution is 2.21. The molecular formula is C17H19NO2. The molecule has 0 heterocycles. The number of aromatic carboxylic acids is 1. The van der Waals surface area contributed by atoms with Crippen molar-refractivity contribution in [1.29, 1.82) is 0 Å². The van der Waals surface area contributed by atoms with Crippen LogP contribution >= 0.6 is 0 Å². The zero-order chi connectivity index (χ0) is 14.5. The summed E-state index contributed by atoms with van der Waals surface area (Å²) in [7, 11) is 0. The van der Waals surface area contributed by atoms with Gasteiger partial charge in [0, 0.05) is 6.04 Å². The second-order valence-electron chi connectivity index (χ2n) is 5.10. The first-order chi connectivity index (χ1) is 9.56. The summed E-state index contributed by atoms with van der Waals surface area (Å²) in [5.74, 6) is -0.901. The minimum Gasteiger partial charge on any atom is -0.478 e. The van der Waals surface area contributed by atoms with Gasteiger partial charge in [-0.15, -0.1) is 0 Å². The number of rotatable bonds is 5. The average molecular weight is 269 g/mol. The lowest BCUT2D eigenvalue weighted by atomic mass is 9.99. The van der Waals surface area contributed by atoms with Crippen LogP contribution in [0.5, 0.6) is 0 Å². The standard InChI is InChI=1S/C17H19NO2/c1-12(18)5-6-13-3-2-4-16(11-13)14-7-9-15(10-8-14)17(19)20/h2-4,7-12H,5-6,18H2,1H3,(H,19,20). The molecule has 0 saturated carbocycles. The predicted molar refractivity (Wildman–Crippen MR) is 80.8 cm³/mol. The van der Waals surface area contributed by atoms with Crippen LogP contribution in [0.3, 0.4) is 0 Å². The van der Waals surface area contributed by atoms with Gasteiger partial charge in [0.05, 0.1) is 5.56 Å². The number of benzene rings is 2. The molecule has 0 spiro atoms. The molecule has 2 aromatic carbocycles. The molecule has 3 N–H and O–H groups in total. The maximum absolute atomic E-state index is 10.8. The van der Waals surface area contributed by atoms with Crippen molar-refractivity contribution in [3.8, 4) is 11.1 Å². The van der Waals surface area contributed by atoms with Crippen LogP contribution in [-0.4, -0.2) is 17.1 Å². The Bertz CT molecular complexity index is 588. The number of hydrogen-bond donors (Lipinski definition) is 2. The Balaban J connectivity index is 2.19. The molecular weight excluding hydrogens is 250 g/mol. The van der Waals surface area contributed by atoms with Crippen LogP contribution in [0.15, 0.2) is 48.5 Å². The minimum atomic E-state index is -0.901. The van der Waals surface area contributed by atoms with Crippen molar-refractivity contribution in [2.24, 2.45) is 5.73 Å². The molecule has 0 saturated heterocycles. The first kappa shape index (κ1) is 14.3. The summed E-state index contributed by atoms with van der Waals surface area (Å²) in [6.07, 6.45) is 1.92. The number of nitrogens with two attached hydrogens (primary N) is 1. The zero-order valence-electron chi connectivity index (χ0n) is 11.5. The molecule has 2 aromatic rings. The molecule has 3 nitrogen and oxygen atoms in total. The van der Waals surface area contributed by atoms with E-state index in [0.29, 0.717) is 5.56 Å². The van der Waals surface area contributed by atoms with Gasteiger partial charge in [-0.25, -0.2) is 4.79 Å². The summed E-state index contributed by atoms with van der Waals surface area (Å²) in [5, 5.41) is 8.90. The summed E-state index contributed by atoms with van der Waals surface area (Å²) < 4.78 is 0. The van der Waals surface area contributed by atoms with Crippen LogP contribution in [0, 0.1) is 0 Å². The Kier molecular flexibility index (Phi) is 4.53. The van der Waals surface area contributed by atoms with Crippen LogP contribution in [0.2, 0.25) is 0 Å². The molecule has 0 amide bonds. The van der Waals surface area contributed by atoms with Gasteiger partial charge < -0.3 is 10.8 Å². The van der Waals surface area contributed by atoms with Gasteiger partial charge in [-0.1, -0.05) is 36.4 Å². The van der Waals surface area contributed by atoms with Crippen molar-refractivity contribution >= 4 is 5.97 Å². The largest absolute Gasteiger partial charge is 0.478 e. The lowest BCUT2D eigenvalue weighted by Gasteiger charge is -2.08. The van der Waals surface area contributed by atoms with E-state index in [1.165, 1.54) is 5.56 Å². The van der Waals surface area contributed by atoms with Gasteiger partial charge in [0.25, 0.3) is 0 Å². The van der Waals surface area contributed by atoms with E-state index in [-0.39, 0.29) is 6.04 Å². The van der Waals surface area contributed by atoms with E-state index in [2.05, 4.69) is 12.1 Å². The molecule has 0 aromatic heterocycles.